The summed E-state index contributed by atoms with van der Waals surface area (Å²) in [7, 11) is 0. The lowest BCUT2D eigenvalue weighted by Crippen LogP contribution is -2.17. The van der Waals surface area contributed by atoms with Crippen LogP contribution >= 0.6 is 0 Å². The van der Waals surface area contributed by atoms with Gasteiger partial charge in [0.25, 0.3) is 0 Å². The maximum atomic E-state index is 13.6. The normalized spacial score (nSPS) is 12.2. The molecule has 0 spiro atoms. The van der Waals surface area contributed by atoms with E-state index in [1.54, 1.807) is 0 Å². The highest BCUT2D eigenvalue weighted by Gasteiger charge is 2.06. The fraction of sp³-hybridized carbons (Fsp3) is 0.333. The van der Waals surface area contributed by atoms with Gasteiger partial charge in [-0.2, -0.15) is 0 Å². The van der Waals surface area contributed by atoms with E-state index < -0.39 is 0 Å². The minimum Gasteiger partial charge on any atom is -0.489 e. The van der Waals surface area contributed by atoms with E-state index >= 15 is 0 Å². The largest absolute Gasteiger partial charge is 0.489 e. The summed E-state index contributed by atoms with van der Waals surface area (Å²) >= 11 is 0. The van der Waals surface area contributed by atoms with Crippen LogP contribution in [-0.2, 0) is 13.0 Å². The Balaban J connectivity index is 2.12. The lowest BCUT2D eigenvalue weighted by atomic mass is 10.1. The highest BCUT2D eigenvalue weighted by Crippen LogP contribution is 2.20. The summed E-state index contributed by atoms with van der Waals surface area (Å²) < 4.78 is 19.4. The van der Waals surface area contributed by atoms with Gasteiger partial charge in [0, 0.05) is 12.1 Å². The number of ether oxygens (including phenoxy) is 1. The summed E-state index contributed by atoms with van der Waals surface area (Å²) in [5.74, 6) is 0.260. The average molecular weight is 287 g/mol. The van der Waals surface area contributed by atoms with E-state index in [9.17, 15) is 4.39 Å². The number of nitrogens with two attached hydrogens (primary N) is 1. The second kappa shape index (κ2) is 6.72. The molecular formula is C18H22FNO. The molecule has 0 amide bonds. The van der Waals surface area contributed by atoms with Gasteiger partial charge in [-0.15, -0.1) is 0 Å². The van der Waals surface area contributed by atoms with Crippen LogP contribution in [0.3, 0.4) is 0 Å². The van der Waals surface area contributed by atoms with Crippen molar-refractivity contribution in [2.24, 2.45) is 5.73 Å². The van der Waals surface area contributed by atoms with Crippen molar-refractivity contribution in [3.63, 3.8) is 0 Å². The van der Waals surface area contributed by atoms with Gasteiger partial charge in [0.2, 0.25) is 0 Å². The molecule has 0 aliphatic heterocycles. The molecule has 0 heterocycles. The van der Waals surface area contributed by atoms with Gasteiger partial charge < -0.3 is 10.5 Å². The maximum Gasteiger partial charge on any atom is 0.127 e. The Labute approximate surface area is 125 Å². The van der Waals surface area contributed by atoms with Crippen LogP contribution in [0.5, 0.6) is 5.75 Å². The topological polar surface area (TPSA) is 35.2 Å². The van der Waals surface area contributed by atoms with Crippen molar-refractivity contribution in [1.82, 2.24) is 0 Å². The molecule has 1 unspecified atom stereocenters. The zero-order valence-corrected chi connectivity index (χ0v) is 12.8. The molecule has 0 radical (unpaired) electrons. The first kappa shape index (κ1) is 15.5. The smallest absolute Gasteiger partial charge is 0.127 e. The number of rotatable bonds is 5. The van der Waals surface area contributed by atoms with Crippen LogP contribution in [0.25, 0.3) is 0 Å². The molecule has 2 nitrogen and oxygen atoms in total. The van der Waals surface area contributed by atoms with Crippen molar-refractivity contribution >= 4 is 0 Å². The van der Waals surface area contributed by atoms with Gasteiger partial charge in [0.1, 0.15) is 18.2 Å². The number of halogens is 1. The van der Waals surface area contributed by atoms with Crippen LogP contribution < -0.4 is 10.5 Å². The molecule has 0 saturated heterocycles. The van der Waals surface area contributed by atoms with E-state index in [0.717, 1.165) is 11.1 Å². The number of hydrogen-bond acceptors (Lipinski definition) is 2. The predicted octanol–water partition coefficient (Wildman–Crippen LogP) is 3.91. The van der Waals surface area contributed by atoms with E-state index in [1.807, 2.05) is 26.8 Å². The van der Waals surface area contributed by atoms with Crippen LogP contribution in [0, 0.1) is 19.7 Å². The molecule has 0 aromatic heterocycles. The van der Waals surface area contributed by atoms with E-state index in [1.165, 1.54) is 23.3 Å². The fourth-order valence-electron chi connectivity index (χ4n) is 2.31. The third-order valence-electron chi connectivity index (χ3n) is 3.39. The molecular weight excluding hydrogens is 265 g/mol. The second-order valence-corrected chi connectivity index (χ2v) is 5.70. The third kappa shape index (κ3) is 4.57. The third-order valence-corrected chi connectivity index (χ3v) is 3.39. The first-order valence-corrected chi connectivity index (χ1v) is 7.18. The molecule has 21 heavy (non-hydrogen) atoms. The van der Waals surface area contributed by atoms with Crippen molar-refractivity contribution < 1.29 is 9.13 Å². The van der Waals surface area contributed by atoms with Gasteiger partial charge in [0.15, 0.2) is 0 Å². The SMILES string of the molecule is Cc1ccc(C)c(COc2cc(F)cc(CC(C)N)c2)c1. The summed E-state index contributed by atoms with van der Waals surface area (Å²) in [5, 5.41) is 0. The lowest BCUT2D eigenvalue weighted by Gasteiger charge is -2.12. The van der Waals surface area contributed by atoms with E-state index in [0.29, 0.717) is 18.8 Å². The molecule has 0 aliphatic rings. The van der Waals surface area contributed by atoms with Gasteiger partial charge >= 0.3 is 0 Å². The molecule has 2 aromatic rings. The van der Waals surface area contributed by atoms with E-state index in [-0.39, 0.29) is 11.9 Å². The molecule has 0 aliphatic carbocycles. The van der Waals surface area contributed by atoms with Crippen LogP contribution in [0.4, 0.5) is 4.39 Å². The van der Waals surface area contributed by atoms with Gasteiger partial charge in [-0.1, -0.05) is 23.8 Å². The molecule has 0 fully saturated rings. The minimum atomic E-state index is -0.288. The van der Waals surface area contributed by atoms with Gasteiger partial charge in [-0.25, -0.2) is 4.39 Å². The van der Waals surface area contributed by atoms with Crippen LogP contribution in [0.2, 0.25) is 0 Å². The zero-order chi connectivity index (χ0) is 15.4. The molecule has 112 valence electrons. The van der Waals surface area contributed by atoms with E-state index in [4.69, 9.17) is 10.5 Å². The highest BCUT2D eigenvalue weighted by atomic mass is 19.1. The van der Waals surface area contributed by atoms with Crippen LogP contribution in [0.1, 0.15) is 29.2 Å². The summed E-state index contributed by atoms with van der Waals surface area (Å²) in [4.78, 5) is 0. The number of hydrogen-bond donors (Lipinski definition) is 1. The summed E-state index contributed by atoms with van der Waals surface area (Å²) in [5.41, 5.74) is 10.1. The van der Waals surface area contributed by atoms with E-state index in [2.05, 4.69) is 18.2 Å². The van der Waals surface area contributed by atoms with Gasteiger partial charge in [-0.05, 0) is 56.0 Å². The second-order valence-electron chi connectivity index (χ2n) is 5.70. The monoisotopic (exact) mass is 287 g/mol. The fourth-order valence-corrected chi connectivity index (χ4v) is 2.31. The van der Waals surface area contributed by atoms with Gasteiger partial charge in [-0.3, -0.25) is 0 Å². The molecule has 0 bridgehead atoms. The standard InChI is InChI=1S/C18H22FNO/c1-12-4-5-13(2)16(6-12)11-21-18-9-15(7-14(3)20)8-17(19)10-18/h4-6,8-10,14H,7,11,20H2,1-3H3. The Bertz CT molecular complexity index is 623. The summed E-state index contributed by atoms with van der Waals surface area (Å²) in [6.45, 7) is 6.44. The Morgan fingerprint density at radius 3 is 2.62 bits per heavy atom. The number of aryl methyl sites for hydroxylation is 2. The Morgan fingerprint density at radius 2 is 1.90 bits per heavy atom. The summed E-state index contributed by atoms with van der Waals surface area (Å²) in [6.07, 6.45) is 0.637. The number of benzene rings is 2. The zero-order valence-electron chi connectivity index (χ0n) is 12.8. The van der Waals surface area contributed by atoms with Crippen LogP contribution in [0.15, 0.2) is 36.4 Å². The van der Waals surface area contributed by atoms with Crippen molar-refractivity contribution in [3.05, 3.63) is 64.5 Å². The van der Waals surface area contributed by atoms with Crippen molar-refractivity contribution in [1.29, 1.82) is 0 Å². The summed E-state index contributed by atoms with van der Waals surface area (Å²) in [6, 6.07) is 11.0. The Hall–Kier alpha value is -1.87. The molecule has 2 N–H and O–H groups in total. The van der Waals surface area contributed by atoms with Crippen molar-refractivity contribution in [3.8, 4) is 5.75 Å². The molecule has 2 rings (SSSR count). The quantitative estimate of drug-likeness (QED) is 0.905. The lowest BCUT2D eigenvalue weighted by molar-refractivity contribution is 0.303. The molecule has 2 aromatic carbocycles. The molecule has 3 heteroatoms. The first-order chi connectivity index (χ1) is 9.94. The van der Waals surface area contributed by atoms with Crippen molar-refractivity contribution in [2.45, 2.75) is 39.8 Å². The average Bonchev–Trinajstić information content (AvgIpc) is 2.38. The predicted molar refractivity (Wildman–Crippen MR) is 84.0 cm³/mol. The molecule has 0 saturated carbocycles. The maximum absolute atomic E-state index is 13.6. The Morgan fingerprint density at radius 1 is 1.14 bits per heavy atom. The first-order valence-electron chi connectivity index (χ1n) is 7.18. The Kier molecular flexibility index (Phi) is 4.97. The molecule has 1 atom stereocenters. The van der Waals surface area contributed by atoms with Gasteiger partial charge in [0.05, 0.1) is 0 Å². The highest BCUT2D eigenvalue weighted by molar-refractivity contribution is 5.33. The minimum absolute atomic E-state index is 0.00123. The van der Waals surface area contributed by atoms with Crippen molar-refractivity contribution in [2.75, 3.05) is 0 Å². The van der Waals surface area contributed by atoms with Crippen LogP contribution in [-0.4, -0.2) is 6.04 Å².